The molecule has 0 aliphatic heterocycles. The summed E-state index contributed by atoms with van der Waals surface area (Å²) in [5, 5.41) is 17.6. The fraction of sp³-hybridized carbons (Fsp3) is 0.158. The van der Waals surface area contributed by atoms with Gasteiger partial charge >= 0.3 is 11.9 Å². The normalized spacial score (nSPS) is 10.3. The third-order valence-corrected chi connectivity index (χ3v) is 4.35. The Balaban J connectivity index is 0.000000186. The van der Waals surface area contributed by atoms with Crippen LogP contribution in [-0.4, -0.2) is 63.7 Å². The van der Waals surface area contributed by atoms with Crippen molar-refractivity contribution in [1.82, 2.24) is 39.5 Å². The molecule has 4 rings (SSSR count). The van der Waals surface area contributed by atoms with Crippen LogP contribution >= 0.6 is 23.2 Å². The summed E-state index contributed by atoms with van der Waals surface area (Å²) in [6.45, 7) is 0. The number of aromatic nitrogens is 8. The van der Waals surface area contributed by atoms with Crippen molar-refractivity contribution in [1.29, 1.82) is 0 Å². The molecular formula is C19H16Cl2N8O4. The molecule has 170 valence electrons. The molecule has 0 radical (unpaired) electrons. The van der Waals surface area contributed by atoms with E-state index in [-0.39, 0.29) is 17.2 Å². The first-order valence-corrected chi connectivity index (χ1v) is 9.80. The van der Waals surface area contributed by atoms with Gasteiger partial charge in [0.1, 0.15) is 0 Å². The van der Waals surface area contributed by atoms with Crippen molar-refractivity contribution >= 4 is 35.1 Å². The van der Waals surface area contributed by atoms with Gasteiger partial charge in [0.15, 0.2) is 23.0 Å². The first-order chi connectivity index (χ1) is 15.7. The number of rotatable bonds is 4. The summed E-state index contributed by atoms with van der Waals surface area (Å²) in [6.07, 6.45) is 8.92. The molecule has 12 nitrogen and oxygen atoms in total. The van der Waals surface area contributed by atoms with Crippen LogP contribution in [0.25, 0.3) is 22.8 Å². The van der Waals surface area contributed by atoms with Gasteiger partial charge < -0.3 is 9.84 Å². The van der Waals surface area contributed by atoms with Crippen molar-refractivity contribution in [3.8, 4) is 22.8 Å². The van der Waals surface area contributed by atoms with Gasteiger partial charge in [-0.05, 0) is 0 Å². The number of aromatic carboxylic acids is 1. The minimum atomic E-state index is -1.12. The fourth-order valence-corrected chi connectivity index (χ4v) is 2.81. The molecule has 0 fully saturated rings. The molecule has 4 aromatic rings. The van der Waals surface area contributed by atoms with E-state index >= 15 is 0 Å². The van der Waals surface area contributed by atoms with Crippen molar-refractivity contribution in [3.05, 3.63) is 58.6 Å². The summed E-state index contributed by atoms with van der Waals surface area (Å²) in [7, 11) is 4.63. The van der Waals surface area contributed by atoms with Crippen LogP contribution in [0.3, 0.4) is 0 Å². The number of carboxylic acids is 1. The number of carbonyl (C=O) groups excluding carboxylic acids is 1. The zero-order chi connectivity index (χ0) is 24.1. The molecule has 0 aliphatic carbocycles. The number of aryl methyl sites for hydroxylation is 2. The summed E-state index contributed by atoms with van der Waals surface area (Å²) < 4.78 is 7.54. The smallest absolute Gasteiger partial charge is 0.359 e. The standard InChI is InChI=1S/C10H9ClN4O2.C9H7ClN4O2/c1-15-5-7(8(14-15)10(16)17-2)9-12-3-6(11)4-13-9;1-14-4-6(7(13-14)9(15)16)8-11-2-5(10)3-12-8/h3-5H,1-2H3;2-4H,1H3,(H,15,16). The van der Waals surface area contributed by atoms with E-state index in [2.05, 4.69) is 34.9 Å². The Bertz CT molecular complexity index is 1290. The lowest BCUT2D eigenvalue weighted by Crippen LogP contribution is -2.05. The molecule has 4 aromatic heterocycles. The summed E-state index contributed by atoms with van der Waals surface area (Å²) in [5.74, 6) is -0.980. The third-order valence-electron chi connectivity index (χ3n) is 3.96. The monoisotopic (exact) mass is 490 g/mol. The van der Waals surface area contributed by atoms with Gasteiger partial charge in [-0.1, -0.05) is 23.2 Å². The van der Waals surface area contributed by atoms with E-state index < -0.39 is 11.9 Å². The summed E-state index contributed by atoms with van der Waals surface area (Å²) >= 11 is 11.3. The van der Waals surface area contributed by atoms with Gasteiger partial charge in [0.05, 0.1) is 28.3 Å². The number of carbonyl (C=O) groups is 2. The molecule has 0 aliphatic rings. The van der Waals surface area contributed by atoms with Crippen molar-refractivity contribution < 1.29 is 19.4 Å². The fourth-order valence-electron chi connectivity index (χ4n) is 2.61. The number of hydrogen-bond donors (Lipinski definition) is 1. The highest BCUT2D eigenvalue weighted by molar-refractivity contribution is 6.30. The van der Waals surface area contributed by atoms with Crippen molar-refractivity contribution in [2.75, 3.05) is 7.11 Å². The first kappa shape index (κ1) is 23.8. The second kappa shape index (κ2) is 10.1. The lowest BCUT2D eigenvalue weighted by Gasteiger charge is -1.99. The Morgan fingerprint density at radius 3 is 1.61 bits per heavy atom. The topological polar surface area (TPSA) is 151 Å². The summed E-state index contributed by atoms with van der Waals surface area (Å²) in [5.41, 5.74) is 0.977. The van der Waals surface area contributed by atoms with Crippen molar-refractivity contribution in [3.63, 3.8) is 0 Å². The molecule has 0 saturated carbocycles. The van der Waals surface area contributed by atoms with E-state index in [1.54, 1.807) is 26.5 Å². The average Bonchev–Trinajstić information content (AvgIpc) is 3.38. The van der Waals surface area contributed by atoms with E-state index in [0.717, 1.165) is 0 Å². The minimum absolute atomic E-state index is 0.0789. The molecule has 0 saturated heterocycles. The molecular weight excluding hydrogens is 475 g/mol. The SMILES string of the molecule is COC(=O)c1nn(C)cc1-c1ncc(Cl)cn1.Cn1cc(-c2ncc(Cl)cn2)c(C(=O)O)n1. The Hall–Kier alpha value is -3.90. The molecule has 4 heterocycles. The Morgan fingerprint density at radius 2 is 1.21 bits per heavy atom. The second-order valence-corrected chi connectivity index (χ2v) is 7.25. The van der Waals surface area contributed by atoms with Crippen LogP contribution in [0, 0.1) is 0 Å². The maximum Gasteiger partial charge on any atom is 0.359 e. The molecule has 0 amide bonds. The van der Waals surface area contributed by atoms with Gasteiger partial charge in [-0.25, -0.2) is 29.5 Å². The van der Waals surface area contributed by atoms with Crippen molar-refractivity contribution in [2.45, 2.75) is 0 Å². The molecule has 0 aromatic carbocycles. The van der Waals surface area contributed by atoms with Crippen molar-refractivity contribution in [2.24, 2.45) is 14.1 Å². The van der Waals surface area contributed by atoms with Gasteiger partial charge in [-0.3, -0.25) is 9.36 Å². The van der Waals surface area contributed by atoms with E-state index in [1.807, 2.05) is 0 Å². The van der Waals surface area contributed by atoms with Crippen LogP contribution in [0.15, 0.2) is 37.2 Å². The largest absolute Gasteiger partial charge is 0.476 e. The summed E-state index contributed by atoms with van der Waals surface area (Å²) in [4.78, 5) is 38.4. The Morgan fingerprint density at radius 1 is 0.818 bits per heavy atom. The first-order valence-electron chi connectivity index (χ1n) is 9.04. The highest BCUT2D eigenvalue weighted by atomic mass is 35.5. The minimum Gasteiger partial charge on any atom is -0.476 e. The number of nitrogens with zero attached hydrogens (tertiary/aromatic N) is 8. The van der Waals surface area contributed by atoms with Gasteiger partial charge in [-0.15, -0.1) is 0 Å². The lowest BCUT2D eigenvalue weighted by molar-refractivity contribution is 0.0593. The summed E-state index contributed by atoms with van der Waals surface area (Å²) in [6, 6.07) is 0. The molecule has 14 heteroatoms. The molecule has 0 unspecified atom stereocenters. The molecule has 0 atom stereocenters. The highest BCUT2D eigenvalue weighted by Gasteiger charge is 2.20. The van der Waals surface area contributed by atoms with E-state index in [1.165, 1.54) is 41.3 Å². The zero-order valence-electron chi connectivity index (χ0n) is 17.5. The molecule has 0 bridgehead atoms. The number of hydrogen-bond acceptors (Lipinski definition) is 9. The average molecular weight is 491 g/mol. The van der Waals surface area contributed by atoms with Crippen LogP contribution in [0.2, 0.25) is 10.0 Å². The predicted molar refractivity (Wildman–Crippen MR) is 117 cm³/mol. The number of esters is 1. The Labute approximate surface area is 196 Å². The molecule has 1 N–H and O–H groups in total. The number of halogens is 2. The third kappa shape index (κ3) is 5.67. The maximum absolute atomic E-state index is 11.5. The molecule has 0 spiro atoms. The van der Waals surface area contributed by atoms with E-state index in [4.69, 9.17) is 28.3 Å². The second-order valence-electron chi connectivity index (χ2n) is 6.38. The van der Waals surface area contributed by atoms with Crippen LogP contribution in [0.4, 0.5) is 0 Å². The highest BCUT2D eigenvalue weighted by Crippen LogP contribution is 2.21. The lowest BCUT2D eigenvalue weighted by atomic mass is 10.2. The maximum atomic E-state index is 11.5. The van der Waals surface area contributed by atoms with Crippen LogP contribution in [-0.2, 0) is 18.8 Å². The Kier molecular flexibility index (Phi) is 7.30. The zero-order valence-corrected chi connectivity index (χ0v) is 19.0. The van der Waals surface area contributed by atoms with E-state index in [9.17, 15) is 9.59 Å². The van der Waals surface area contributed by atoms with Gasteiger partial charge in [0, 0.05) is 51.3 Å². The van der Waals surface area contributed by atoms with E-state index in [0.29, 0.717) is 27.0 Å². The van der Waals surface area contributed by atoms with Gasteiger partial charge in [0.2, 0.25) is 0 Å². The van der Waals surface area contributed by atoms with Crippen LogP contribution < -0.4 is 0 Å². The van der Waals surface area contributed by atoms with Gasteiger partial charge in [0.25, 0.3) is 0 Å². The number of methoxy groups -OCH3 is 1. The molecule has 33 heavy (non-hydrogen) atoms. The quantitative estimate of drug-likeness (QED) is 0.422. The number of carboxylic acid groups (broad SMARTS) is 1. The predicted octanol–water partition coefficient (Wildman–Crippen LogP) is 2.55. The number of ether oxygens (including phenoxy) is 1. The van der Waals surface area contributed by atoms with Crippen LogP contribution in [0.5, 0.6) is 0 Å². The van der Waals surface area contributed by atoms with Gasteiger partial charge in [-0.2, -0.15) is 10.2 Å². The van der Waals surface area contributed by atoms with Crippen LogP contribution in [0.1, 0.15) is 21.0 Å².